The molecule has 0 aliphatic carbocycles. The van der Waals surface area contributed by atoms with Gasteiger partial charge in [-0.15, -0.1) is 0 Å². The molecule has 1 heterocycles. The van der Waals surface area contributed by atoms with Crippen LogP contribution in [0.3, 0.4) is 0 Å². The molecule has 4 nitrogen and oxygen atoms in total. The zero-order chi connectivity index (χ0) is 13.1. The fourth-order valence-corrected chi connectivity index (χ4v) is 1.69. The zero-order valence-electron chi connectivity index (χ0n) is 10.5. The van der Waals surface area contributed by atoms with Crippen molar-refractivity contribution in [2.75, 3.05) is 11.9 Å². The van der Waals surface area contributed by atoms with E-state index >= 15 is 0 Å². The molecule has 2 aromatic rings. The second-order valence-corrected chi connectivity index (χ2v) is 4.21. The van der Waals surface area contributed by atoms with Gasteiger partial charge in [0, 0.05) is 24.6 Å². The van der Waals surface area contributed by atoms with Gasteiger partial charge in [-0.25, -0.2) is 0 Å². The van der Waals surface area contributed by atoms with Crippen molar-refractivity contribution in [3.05, 3.63) is 53.9 Å². The Kier molecular flexibility index (Phi) is 3.28. The topological polar surface area (TPSA) is 66.0 Å². The van der Waals surface area contributed by atoms with Crippen molar-refractivity contribution in [2.24, 2.45) is 5.73 Å². The van der Waals surface area contributed by atoms with Crippen LogP contribution in [0, 0.1) is 12.3 Å². The summed E-state index contributed by atoms with van der Waals surface area (Å²) in [5, 5.41) is 7.40. The normalized spacial score (nSPS) is 10.1. The molecule has 2 rings (SSSR count). The molecule has 0 atom stereocenters. The third kappa shape index (κ3) is 2.48. The lowest BCUT2D eigenvalue weighted by Crippen LogP contribution is -2.15. The van der Waals surface area contributed by atoms with Gasteiger partial charge in [0.1, 0.15) is 11.5 Å². The predicted octanol–water partition coefficient (Wildman–Crippen LogP) is 2.44. The van der Waals surface area contributed by atoms with Gasteiger partial charge in [0.05, 0.1) is 0 Å². The van der Waals surface area contributed by atoms with E-state index in [9.17, 15) is 0 Å². The fraction of sp³-hybridized carbons (Fsp3) is 0.143. The first kappa shape index (κ1) is 12.1. The molecular formula is C14H16N4. The van der Waals surface area contributed by atoms with Gasteiger partial charge < -0.3 is 10.6 Å². The maximum atomic E-state index is 7.40. The molecule has 0 unspecified atom stereocenters. The van der Waals surface area contributed by atoms with Crippen molar-refractivity contribution in [1.82, 2.24) is 4.98 Å². The molecule has 0 radical (unpaired) electrons. The number of nitrogen functional groups attached to an aromatic ring is 1. The van der Waals surface area contributed by atoms with E-state index in [-0.39, 0.29) is 5.84 Å². The number of nitrogens with two attached hydrogens (primary N) is 1. The molecule has 0 fully saturated rings. The summed E-state index contributed by atoms with van der Waals surface area (Å²) in [6, 6.07) is 12.0. The lowest BCUT2D eigenvalue weighted by Gasteiger charge is -2.20. The summed E-state index contributed by atoms with van der Waals surface area (Å²) in [4.78, 5) is 6.09. The summed E-state index contributed by atoms with van der Waals surface area (Å²) >= 11 is 0. The molecule has 0 bridgehead atoms. The molecule has 18 heavy (non-hydrogen) atoms. The monoisotopic (exact) mass is 240 g/mol. The van der Waals surface area contributed by atoms with Gasteiger partial charge in [-0.2, -0.15) is 0 Å². The van der Waals surface area contributed by atoms with E-state index in [2.05, 4.69) is 36.2 Å². The number of benzene rings is 1. The SMILES string of the molecule is Cc1ccc(N(C)c2ccnc(C(=N)N)c2)cc1. The Morgan fingerprint density at radius 2 is 1.83 bits per heavy atom. The minimum atomic E-state index is -0.0193. The summed E-state index contributed by atoms with van der Waals surface area (Å²) in [5.41, 5.74) is 9.21. The summed E-state index contributed by atoms with van der Waals surface area (Å²) in [6.45, 7) is 2.06. The molecule has 0 amide bonds. The molecular weight excluding hydrogens is 224 g/mol. The van der Waals surface area contributed by atoms with Crippen LogP contribution in [0.5, 0.6) is 0 Å². The van der Waals surface area contributed by atoms with Crippen LogP contribution >= 0.6 is 0 Å². The molecule has 92 valence electrons. The first-order valence-corrected chi connectivity index (χ1v) is 5.69. The second kappa shape index (κ2) is 4.87. The standard InChI is InChI=1S/C14H16N4/c1-10-3-5-11(6-4-10)18(2)12-7-8-17-13(9-12)14(15)16/h3-9H,1-2H3,(H3,15,16). The highest BCUT2D eigenvalue weighted by Crippen LogP contribution is 2.23. The van der Waals surface area contributed by atoms with Crippen LogP contribution < -0.4 is 10.6 Å². The summed E-state index contributed by atoms with van der Waals surface area (Å²) in [5.74, 6) is -0.0193. The summed E-state index contributed by atoms with van der Waals surface area (Å²) in [6.07, 6.45) is 1.66. The lowest BCUT2D eigenvalue weighted by atomic mass is 10.2. The third-order valence-electron chi connectivity index (χ3n) is 2.83. The lowest BCUT2D eigenvalue weighted by molar-refractivity contribution is 1.17. The van der Waals surface area contributed by atoms with E-state index < -0.39 is 0 Å². The molecule has 1 aromatic heterocycles. The van der Waals surface area contributed by atoms with Crippen LogP contribution in [0.1, 0.15) is 11.3 Å². The van der Waals surface area contributed by atoms with Gasteiger partial charge in [-0.05, 0) is 31.2 Å². The number of nitrogens with zero attached hydrogens (tertiary/aromatic N) is 2. The summed E-state index contributed by atoms with van der Waals surface area (Å²) in [7, 11) is 1.98. The number of nitrogens with one attached hydrogen (secondary N) is 1. The highest BCUT2D eigenvalue weighted by molar-refractivity contribution is 5.94. The molecule has 0 saturated carbocycles. The van der Waals surface area contributed by atoms with E-state index in [1.165, 1.54) is 5.56 Å². The first-order chi connectivity index (χ1) is 8.58. The highest BCUT2D eigenvalue weighted by Gasteiger charge is 2.06. The average molecular weight is 240 g/mol. The molecule has 0 saturated heterocycles. The molecule has 3 N–H and O–H groups in total. The van der Waals surface area contributed by atoms with Crippen molar-refractivity contribution in [1.29, 1.82) is 5.41 Å². The maximum absolute atomic E-state index is 7.40. The van der Waals surface area contributed by atoms with Gasteiger partial charge in [-0.1, -0.05) is 17.7 Å². The van der Waals surface area contributed by atoms with Gasteiger partial charge in [0.2, 0.25) is 0 Å². The Balaban J connectivity index is 2.33. The van der Waals surface area contributed by atoms with Crippen LogP contribution in [0.15, 0.2) is 42.6 Å². The number of aromatic nitrogens is 1. The van der Waals surface area contributed by atoms with Gasteiger partial charge >= 0.3 is 0 Å². The Hall–Kier alpha value is -2.36. The minimum Gasteiger partial charge on any atom is -0.382 e. The third-order valence-corrected chi connectivity index (χ3v) is 2.83. The summed E-state index contributed by atoms with van der Waals surface area (Å²) < 4.78 is 0. The smallest absolute Gasteiger partial charge is 0.141 e. The van der Waals surface area contributed by atoms with Gasteiger partial charge in [0.15, 0.2) is 0 Å². The largest absolute Gasteiger partial charge is 0.382 e. The number of hydrogen-bond donors (Lipinski definition) is 2. The Morgan fingerprint density at radius 3 is 2.44 bits per heavy atom. The van der Waals surface area contributed by atoms with Crippen molar-refractivity contribution in [3.8, 4) is 0 Å². The number of hydrogen-bond acceptors (Lipinski definition) is 3. The maximum Gasteiger partial charge on any atom is 0.141 e. The molecule has 0 spiro atoms. The molecule has 4 heteroatoms. The zero-order valence-corrected chi connectivity index (χ0v) is 10.5. The number of pyridine rings is 1. The quantitative estimate of drug-likeness (QED) is 0.639. The van der Waals surface area contributed by atoms with E-state index in [0.717, 1.165) is 11.4 Å². The Bertz CT molecular complexity index is 560. The number of anilines is 2. The molecule has 1 aromatic carbocycles. The molecule has 0 aliphatic heterocycles. The number of amidine groups is 1. The van der Waals surface area contributed by atoms with Crippen LogP contribution in [0.2, 0.25) is 0 Å². The van der Waals surface area contributed by atoms with Gasteiger partial charge in [-0.3, -0.25) is 10.4 Å². The second-order valence-electron chi connectivity index (χ2n) is 4.21. The highest BCUT2D eigenvalue weighted by atomic mass is 15.1. The van der Waals surface area contributed by atoms with Crippen LogP contribution in [0.4, 0.5) is 11.4 Å². The average Bonchev–Trinajstić information content (AvgIpc) is 2.39. The molecule has 0 aliphatic rings. The number of rotatable bonds is 3. The van der Waals surface area contributed by atoms with Crippen molar-refractivity contribution in [3.63, 3.8) is 0 Å². The Labute approximate surface area is 107 Å². The van der Waals surface area contributed by atoms with Gasteiger partial charge in [0.25, 0.3) is 0 Å². The van der Waals surface area contributed by atoms with Crippen LogP contribution in [-0.2, 0) is 0 Å². The van der Waals surface area contributed by atoms with Crippen molar-refractivity contribution < 1.29 is 0 Å². The predicted molar refractivity (Wildman–Crippen MR) is 74.5 cm³/mol. The fourth-order valence-electron chi connectivity index (χ4n) is 1.69. The first-order valence-electron chi connectivity index (χ1n) is 5.69. The van der Waals surface area contributed by atoms with Crippen molar-refractivity contribution in [2.45, 2.75) is 6.92 Å². The minimum absolute atomic E-state index is 0.0193. The van der Waals surface area contributed by atoms with Crippen LogP contribution in [-0.4, -0.2) is 17.9 Å². The van der Waals surface area contributed by atoms with Crippen molar-refractivity contribution >= 4 is 17.2 Å². The van der Waals surface area contributed by atoms with Crippen LogP contribution in [0.25, 0.3) is 0 Å². The Morgan fingerprint density at radius 1 is 1.17 bits per heavy atom. The van der Waals surface area contributed by atoms with E-state index in [1.807, 2.05) is 24.1 Å². The van der Waals surface area contributed by atoms with E-state index in [0.29, 0.717) is 5.69 Å². The van der Waals surface area contributed by atoms with E-state index in [4.69, 9.17) is 11.1 Å². The van der Waals surface area contributed by atoms with E-state index in [1.54, 1.807) is 6.20 Å². The number of aryl methyl sites for hydroxylation is 1.